The molecule has 0 spiro atoms. The van der Waals surface area contributed by atoms with E-state index in [4.69, 9.17) is 4.74 Å². The molecule has 0 saturated carbocycles. The molecular weight excluding hydrogens is 767 g/mol. The van der Waals surface area contributed by atoms with Crippen LogP contribution in [0.5, 0.6) is 0 Å². The van der Waals surface area contributed by atoms with Crippen LogP contribution in [0.1, 0.15) is 296 Å². The van der Waals surface area contributed by atoms with E-state index in [0.717, 1.165) is 77.0 Å². The zero-order valence-corrected chi connectivity index (χ0v) is 41.6. The minimum absolute atomic E-state index is 0.0458. The minimum atomic E-state index is -0.687. The van der Waals surface area contributed by atoms with Crippen molar-refractivity contribution in [2.24, 2.45) is 0 Å². The summed E-state index contributed by atoms with van der Waals surface area (Å²) in [6.45, 7) is 4.85. The maximum atomic E-state index is 12.5. The van der Waals surface area contributed by atoms with Crippen LogP contribution in [0.25, 0.3) is 0 Å². The van der Waals surface area contributed by atoms with Crippen molar-refractivity contribution in [3.05, 3.63) is 24.3 Å². The summed E-state index contributed by atoms with van der Waals surface area (Å²) in [7, 11) is 0. The Hall–Kier alpha value is -1.66. The summed E-state index contributed by atoms with van der Waals surface area (Å²) in [6.07, 6.45) is 61.7. The number of nitrogens with one attached hydrogen (secondary N) is 1. The molecule has 366 valence electrons. The van der Waals surface area contributed by atoms with Crippen LogP contribution in [0.3, 0.4) is 0 Å². The average molecular weight is 874 g/mol. The number of hydrogen-bond acceptors (Lipinski definition) is 5. The van der Waals surface area contributed by atoms with Crippen LogP contribution >= 0.6 is 0 Å². The van der Waals surface area contributed by atoms with Gasteiger partial charge in [-0.2, -0.15) is 0 Å². The molecule has 0 heterocycles. The van der Waals surface area contributed by atoms with Gasteiger partial charge in [0.1, 0.15) is 0 Å². The number of carbonyl (C=O) groups excluding carboxylic acids is 2. The molecule has 3 N–H and O–H groups in total. The van der Waals surface area contributed by atoms with E-state index in [1.54, 1.807) is 0 Å². The molecule has 2 unspecified atom stereocenters. The van der Waals surface area contributed by atoms with Crippen LogP contribution in [0.15, 0.2) is 24.3 Å². The molecule has 0 aromatic carbocycles. The van der Waals surface area contributed by atoms with Gasteiger partial charge in [0, 0.05) is 12.8 Å². The Labute approximate surface area is 386 Å². The summed E-state index contributed by atoms with van der Waals surface area (Å²) in [5.41, 5.74) is 0. The highest BCUT2D eigenvalue weighted by atomic mass is 16.5. The Bertz CT molecular complexity index is 966. The number of carbonyl (C=O) groups is 2. The molecule has 0 fully saturated rings. The number of amides is 1. The molecule has 0 aliphatic rings. The predicted octanol–water partition coefficient (Wildman–Crippen LogP) is 16.7. The summed E-state index contributed by atoms with van der Waals surface area (Å²) in [6, 6.07) is -0.568. The first kappa shape index (κ1) is 60.3. The highest BCUT2D eigenvalue weighted by Gasteiger charge is 2.20. The summed E-state index contributed by atoms with van der Waals surface area (Å²) < 4.78 is 5.42. The van der Waals surface area contributed by atoms with Crippen LogP contribution in [0.4, 0.5) is 0 Å². The second-order valence-corrected chi connectivity index (χ2v) is 18.9. The molecule has 62 heavy (non-hydrogen) atoms. The van der Waals surface area contributed by atoms with Crippen molar-refractivity contribution < 1.29 is 24.5 Å². The quantitative estimate of drug-likeness (QED) is 0.0321. The first-order valence-electron chi connectivity index (χ1n) is 27.6. The Morgan fingerprint density at radius 1 is 0.435 bits per heavy atom. The molecule has 2 atom stereocenters. The maximum absolute atomic E-state index is 12.5. The van der Waals surface area contributed by atoms with E-state index in [2.05, 4.69) is 43.5 Å². The van der Waals surface area contributed by atoms with Crippen LogP contribution in [-0.2, 0) is 14.3 Å². The lowest BCUT2D eigenvalue weighted by Gasteiger charge is -2.22. The van der Waals surface area contributed by atoms with Gasteiger partial charge in [-0.05, 0) is 77.0 Å². The van der Waals surface area contributed by atoms with Crippen molar-refractivity contribution in [1.82, 2.24) is 5.32 Å². The number of ether oxygens (including phenoxy) is 1. The van der Waals surface area contributed by atoms with Crippen molar-refractivity contribution in [1.29, 1.82) is 0 Å². The highest BCUT2D eigenvalue weighted by Crippen LogP contribution is 2.17. The fraction of sp³-hybridized carbons (Fsp3) is 0.893. The molecule has 0 saturated heterocycles. The smallest absolute Gasteiger partial charge is 0.305 e. The molecule has 0 aliphatic heterocycles. The van der Waals surface area contributed by atoms with Gasteiger partial charge in [-0.1, -0.05) is 231 Å². The van der Waals surface area contributed by atoms with Crippen LogP contribution in [-0.4, -0.2) is 47.4 Å². The summed E-state index contributed by atoms with van der Waals surface area (Å²) in [5, 5.41) is 23.3. The SMILES string of the molecule is CCCCC/C=C\CCCCCCCC(=O)OCCCC/C=C\CCCCCCC(=O)NC(CO)C(O)CCCCCCCCCCCCCCCCCCCCCCCCC. The van der Waals surface area contributed by atoms with Gasteiger partial charge in [-0.15, -0.1) is 0 Å². The first-order chi connectivity index (χ1) is 30.5. The number of aliphatic hydroxyl groups is 2. The van der Waals surface area contributed by atoms with E-state index in [-0.39, 0.29) is 18.5 Å². The summed E-state index contributed by atoms with van der Waals surface area (Å²) in [5.74, 6) is -0.115. The van der Waals surface area contributed by atoms with Crippen molar-refractivity contribution >= 4 is 11.9 Å². The van der Waals surface area contributed by atoms with E-state index in [1.807, 2.05) is 0 Å². The monoisotopic (exact) mass is 874 g/mol. The molecule has 0 aromatic rings. The zero-order chi connectivity index (χ0) is 45.1. The van der Waals surface area contributed by atoms with Crippen molar-refractivity contribution in [2.45, 2.75) is 309 Å². The van der Waals surface area contributed by atoms with Gasteiger partial charge in [-0.3, -0.25) is 9.59 Å². The van der Waals surface area contributed by atoms with Crippen molar-refractivity contribution in [3.8, 4) is 0 Å². The average Bonchev–Trinajstić information content (AvgIpc) is 3.27. The third kappa shape index (κ3) is 47.8. The lowest BCUT2D eigenvalue weighted by atomic mass is 10.0. The maximum Gasteiger partial charge on any atom is 0.305 e. The number of unbranched alkanes of at least 4 members (excludes halogenated alkanes) is 36. The van der Waals surface area contributed by atoms with E-state index in [1.165, 1.54) is 186 Å². The molecule has 6 nitrogen and oxygen atoms in total. The molecule has 0 aromatic heterocycles. The normalized spacial score (nSPS) is 12.8. The predicted molar refractivity (Wildman–Crippen MR) is 269 cm³/mol. The molecular formula is C56H107NO5. The van der Waals surface area contributed by atoms with Gasteiger partial charge >= 0.3 is 5.97 Å². The topological polar surface area (TPSA) is 95.9 Å². The fourth-order valence-electron chi connectivity index (χ4n) is 8.45. The lowest BCUT2D eigenvalue weighted by molar-refractivity contribution is -0.143. The third-order valence-electron chi connectivity index (χ3n) is 12.7. The molecule has 0 aliphatic carbocycles. The Kier molecular flexibility index (Phi) is 50.6. The molecule has 0 bridgehead atoms. The number of aliphatic hydroxyl groups excluding tert-OH is 2. The second-order valence-electron chi connectivity index (χ2n) is 18.9. The highest BCUT2D eigenvalue weighted by molar-refractivity contribution is 5.76. The largest absolute Gasteiger partial charge is 0.466 e. The van der Waals surface area contributed by atoms with Gasteiger partial charge in [0.15, 0.2) is 0 Å². The Morgan fingerprint density at radius 2 is 0.758 bits per heavy atom. The lowest BCUT2D eigenvalue weighted by Crippen LogP contribution is -2.45. The fourth-order valence-corrected chi connectivity index (χ4v) is 8.45. The van der Waals surface area contributed by atoms with Crippen LogP contribution < -0.4 is 5.32 Å². The number of allylic oxidation sites excluding steroid dienone is 4. The summed E-state index contributed by atoms with van der Waals surface area (Å²) >= 11 is 0. The van der Waals surface area contributed by atoms with Gasteiger partial charge in [0.2, 0.25) is 5.91 Å². The van der Waals surface area contributed by atoms with Gasteiger partial charge < -0.3 is 20.3 Å². The van der Waals surface area contributed by atoms with Crippen LogP contribution in [0, 0.1) is 0 Å². The molecule has 0 radical (unpaired) electrons. The first-order valence-corrected chi connectivity index (χ1v) is 27.6. The minimum Gasteiger partial charge on any atom is -0.466 e. The summed E-state index contributed by atoms with van der Waals surface area (Å²) in [4.78, 5) is 24.5. The van der Waals surface area contributed by atoms with E-state index < -0.39 is 12.1 Å². The molecule has 1 amide bonds. The standard InChI is InChI=1S/C56H107NO5/c1-3-5-7-9-11-13-15-17-18-19-20-21-22-23-24-25-26-27-28-32-36-40-44-48-54(59)53(52-58)57-55(60)49-45-41-37-33-30-31-35-39-43-47-51-62-56(61)50-46-42-38-34-29-16-14-12-10-8-6-4-2/h12,14,31,35,53-54,58-59H,3-11,13,15-30,32-34,36-52H2,1-2H3,(H,57,60)/b14-12-,35-31-. The van der Waals surface area contributed by atoms with Gasteiger partial charge in [0.25, 0.3) is 0 Å². The van der Waals surface area contributed by atoms with Crippen LogP contribution in [0.2, 0.25) is 0 Å². The van der Waals surface area contributed by atoms with E-state index >= 15 is 0 Å². The Morgan fingerprint density at radius 3 is 1.18 bits per heavy atom. The third-order valence-corrected chi connectivity index (χ3v) is 12.7. The van der Waals surface area contributed by atoms with Gasteiger partial charge in [0.05, 0.1) is 25.4 Å². The number of rotatable bonds is 51. The Balaban J connectivity index is 3.51. The molecule has 6 heteroatoms. The zero-order valence-electron chi connectivity index (χ0n) is 41.6. The van der Waals surface area contributed by atoms with Crippen molar-refractivity contribution in [2.75, 3.05) is 13.2 Å². The number of hydrogen-bond donors (Lipinski definition) is 3. The van der Waals surface area contributed by atoms with Crippen molar-refractivity contribution in [3.63, 3.8) is 0 Å². The second kappa shape index (κ2) is 52.0. The van der Waals surface area contributed by atoms with E-state index in [9.17, 15) is 19.8 Å². The van der Waals surface area contributed by atoms with Gasteiger partial charge in [-0.25, -0.2) is 0 Å². The molecule has 0 rings (SSSR count). The van der Waals surface area contributed by atoms with E-state index in [0.29, 0.717) is 25.9 Å². The number of esters is 1.